The third-order valence-electron chi connectivity index (χ3n) is 3.85. The van der Waals surface area contributed by atoms with Gasteiger partial charge in [0, 0.05) is 12.6 Å². The molecule has 0 aliphatic carbocycles. The van der Waals surface area contributed by atoms with Gasteiger partial charge in [0.25, 0.3) is 0 Å². The van der Waals surface area contributed by atoms with E-state index >= 15 is 0 Å². The lowest BCUT2D eigenvalue weighted by Crippen LogP contribution is -2.39. The van der Waals surface area contributed by atoms with E-state index in [1.165, 1.54) is 16.3 Å². The van der Waals surface area contributed by atoms with E-state index in [0.29, 0.717) is 6.04 Å². The summed E-state index contributed by atoms with van der Waals surface area (Å²) in [6.07, 6.45) is 2.27. The molecular weight excluding hydrogens is 256 g/mol. The highest BCUT2D eigenvalue weighted by Gasteiger charge is 2.15. The molecule has 2 N–H and O–H groups in total. The summed E-state index contributed by atoms with van der Waals surface area (Å²) >= 11 is 0. The number of hydrogen-bond donors (Lipinski definition) is 1. The molecule has 0 aromatic heterocycles. The predicted molar refractivity (Wildman–Crippen MR) is 83.7 cm³/mol. The summed E-state index contributed by atoms with van der Waals surface area (Å²) in [5, 5.41) is 2.66. The third-order valence-corrected chi connectivity index (χ3v) is 3.85. The van der Waals surface area contributed by atoms with Crippen molar-refractivity contribution >= 4 is 23.2 Å². The minimum Gasteiger partial charge on any atom is -0.328 e. The van der Waals surface area contributed by atoms with E-state index in [9.17, 15) is 0 Å². The van der Waals surface area contributed by atoms with Gasteiger partial charge in [-0.1, -0.05) is 36.4 Å². The number of halogens is 1. The quantitative estimate of drug-likeness (QED) is 0.913. The Labute approximate surface area is 121 Å². The van der Waals surface area contributed by atoms with Crippen molar-refractivity contribution in [1.29, 1.82) is 0 Å². The molecule has 2 aromatic rings. The van der Waals surface area contributed by atoms with Gasteiger partial charge in [0.15, 0.2) is 0 Å². The Morgan fingerprint density at radius 1 is 1.00 bits per heavy atom. The zero-order chi connectivity index (χ0) is 12.4. The summed E-state index contributed by atoms with van der Waals surface area (Å²) in [5.41, 5.74) is 7.34. The second kappa shape index (κ2) is 6.38. The van der Waals surface area contributed by atoms with E-state index in [-0.39, 0.29) is 12.4 Å². The molecule has 102 valence electrons. The lowest BCUT2D eigenvalue weighted by molar-refractivity contribution is 0.206. The lowest BCUT2D eigenvalue weighted by Gasteiger charge is -2.30. The standard InChI is InChI=1S/C16H20N2.ClH/c17-16-7-9-18(10-8-16)12-13-5-6-14-3-1-2-4-15(14)11-13;/h1-6,11,16H,7-10,12,17H2;1H. The van der Waals surface area contributed by atoms with Gasteiger partial charge < -0.3 is 5.73 Å². The lowest BCUT2D eigenvalue weighted by atomic mass is 10.0. The van der Waals surface area contributed by atoms with Gasteiger partial charge in [0.1, 0.15) is 0 Å². The molecule has 0 spiro atoms. The summed E-state index contributed by atoms with van der Waals surface area (Å²) in [4.78, 5) is 2.51. The van der Waals surface area contributed by atoms with E-state index in [4.69, 9.17) is 5.73 Å². The summed E-state index contributed by atoms with van der Waals surface area (Å²) < 4.78 is 0. The molecule has 0 amide bonds. The van der Waals surface area contributed by atoms with E-state index in [1.54, 1.807) is 0 Å². The van der Waals surface area contributed by atoms with Crippen LogP contribution in [0.4, 0.5) is 0 Å². The van der Waals surface area contributed by atoms with Crippen LogP contribution in [0.1, 0.15) is 18.4 Å². The summed E-state index contributed by atoms with van der Waals surface area (Å²) in [7, 11) is 0. The average Bonchev–Trinajstić information content (AvgIpc) is 2.41. The predicted octanol–water partition coefficient (Wildman–Crippen LogP) is 3.18. The Balaban J connectivity index is 0.00000133. The van der Waals surface area contributed by atoms with Gasteiger partial charge in [-0.05, 0) is 48.3 Å². The Bertz CT molecular complexity index is 533. The first kappa shape index (κ1) is 14.3. The SMILES string of the molecule is Cl.NC1CCN(Cc2ccc3ccccc3c2)CC1. The van der Waals surface area contributed by atoms with Crippen LogP contribution in [0.15, 0.2) is 42.5 Å². The summed E-state index contributed by atoms with van der Waals surface area (Å²) in [5.74, 6) is 0. The topological polar surface area (TPSA) is 29.3 Å². The molecule has 0 radical (unpaired) electrons. The zero-order valence-corrected chi connectivity index (χ0v) is 11.9. The maximum Gasteiger partial charge on any atom is 0.0233 e. The van der Waals surface area contributed by atoms with Crippen LogP contribution in [0.5, 0.6) is 0 Å². The molecule has 1 aliphatic rings. The monoisotopic (exact) mass is 276 g/mol. The van der Waals surface area contributed by atoms with Crippen molar-refractivity contribution < 1.29 is 0 Å². The number of nitrogens with zero attached hydrogens (tertiary/aromatic N) is 1. The first-order valence-corrected chi connectivity index (χ1v) is 6.77. The van der Waals surface area contributed by atoms with E-state index in [1.807, 2.05) is 0 Å². The molecule has 0 unspecified atom stereocenters. The molecule has 0 atom stereocenters. The molecule has 3 rings (SSSR count). The highest BCUT2D eigenvalue weighted by atomic mass is 35.5. The van der Waals surface area contributed by atoms with Gasteiger partial charge in [0.2, 0.25) is 0 Å². The fourth-order valence-corrected chi connectivity index (χ4v) is 2.71. The van der Waals surface area contributed by atoms with Crippen LogP contribution < -0.4 is 5.73 Å². The van der Waals surface area contributed by atoms with Crippen LogP contribution in [0.3, 0.4) is 0 Å². The number of hydrogen-bond acceptors (Lipinski definition) is 2. The van der Waals surface area contributed by atoms with Crippen LogP contribution in [-0.2, 0) is 6.54 Å². The van der Waals surface area contributed by atoms with Crippen molar-refractivity contribution in [2.45, 2.75) is 25.4 Å². The second-order valence-electron chi connectivity index (χ2n) is 5.30. The minimum absolute atomic E-state index is 0. The molecule has 19 heavy (non-hydrogen) atoms. The Kier molecular flexibility index (Phi) is 4.81. The van der Waals surface area contributed by atoms with E-state index in [0.717, 1.165) is 32.5 Å². The normalized spacial score (nSPS) is 17.3. The average molecular weight is 277 g/mol. The number of likely N-dealkylation sites (tertiary alicyclic amines) is 1. The van der Waals surface area contributed by atoms with Gasteiger partial charge in [-0.25, -0.2) is 0 Å². The van der Waals surface area contributed by atoms with Crippen LogP contribution in [0.25, 0.3) is 10.8 Å². The Morgan fingerprint density at radius 3 is 2.42 bits per heavy atom. The van der Waals surface area contributed by atoms with Crippen molar-refractivity contribution in [2.24, 2.45) is 5.73 Å². The number of benzene rings is 2. The summed E-state index contributed by atoms with van der Waals surface area (Å²) in [6, 6.07) is 15.7. The molecular formula is C16H21ClN2. The number of piperidine rings is 1. The van der Waals surface area contributed by atoms with Crippen LogP contribution >= 0.6 is 12.4 Å². The van der Waals surface area contributed by atoms with Crippen molar-refractivity contribution in [2.75, 3.05) is 13.1 Å². The number of rotatable bonds is 2. The molecule has 1 saturated heterocycles. The first-order valence-electron chi connectivity index (χ1n) is 6.77. The van der Waals surface area contributed by atoms with Gasteiger partial charge in [-0.2, -0.15) is 0 Å². The smallest absolute Gasteiger partial charge is 0.0233 e. The molecule has 0 bridgehead atoms. The molecule has 1 aliphatic heterocycles. The molecule has 1 fully saturated rings. The molecule has 0 saturated carbocycles. The van der Waals surface area contributed by atoms with Crippen LogP contribution in [0, 0.1) is 0 Å². The fraction of sp³-hybridized carbons (Fsp3) is 0.375. The maximum absolute atomic E-state index is 5.94. The van der Waals surface area contributed by atoms with Gasteiger partial charge >= 0.3 is 0 Å². The van der Waals surface area contributed by atoms with Gasteiger partial charge in [-0.3, -0.25) is 4.90 Å². The molecule has 1 heterocycles. The fourth-order valence-electron chi connectivity index (χ4n) is 2.71. The van der Waals surface area contributed by atoms with E-state index < -0.39 is 0 Å². The van der Waals surface area contributed by atoms with Crippen molar-refractivity contribution in [3.05, 3.63) is 48.0 Å². The van der Waals surface area contributed by atoms with Gasteiger partial charge in [-0.15, -0.1) is 12.4 Å². The van der Waals surface area contributed by atoms with Gasteiger partial charge in [0.05, 0.1) is 0 Å². The number of nitrogens with two attached hydrogens (primary N) is 1. The van der Waals surface area contributed by atoms with Crippen molar-refractivity contribution in [3.8, 4) is 0 Å². The second-order valence-corrected chi connectivity index (χ2v) is 5.30. The summed E-state index contributed by atoms with van der Waals surface area (Å²) in [6.45, 7) is 3.32. The third kappa shape index (κ3) is 3.47. The van der Waals surface area contributed by atoms with E-state index in [2.05, 4.69) is 47.4 Å². The molecule has 2 nitrogen and oxygen atoms in total. The zero-order valence-electron chi connectivity index (χ0n) is 11.1. The Morgan fingerprint density at radius 2 is 1.68 bits per heavy atom. The Hall–Kier alpha value is -1.09. The first-order chi connectivity index (χ1) is 8.81. The van der Waals surface area contributed by atoms with Crippen LogP contribution in [0.2, 0.25) is 0 Å². The highest BCUT2D eigenvalue weighted by molar-refractivity contribution is 5.85. The minimum atomic E-state index is 0. The molecule has 2 aromatic carbocycles. The van der Waals surface area contributed by atoms with Crippen LogP contribution in [-0.4, -0.2) is 24.0 Å². The van der Waals surface area contributed by atoms with Crippen molar-refractivity contribution in [3.63, 3.8) is 0 Å². The molecule has 3 heteroatoms. The number of fused-ring (bicyclic) bond motifs is 1. The largest absolute Gasteiger partial charge is 0.328 e. The van der Waals surface area contributed by atoms with Crippen molar-refractivity contribution in [1.82, 2.24) is 4.90 Å². The maximum atomic E-state index is 5.94. The highest BCUT2D eigenvalue weighted by Crippen LogP contribution is 2.18.